The topological polar surface area (TPSA) is 502 Å². The highest BCUT2D eigenvalue weighted by molar-refractivity contribution is 6.39. The summed E-state index contributed by atoms with van der Waals surface area (Å²) in [7, 11) is 0. The Morgan fingerprint density at radius 1 is 0.331 bits per heavy atom. The van der Waals surface area contributed by atoms with Gasteiger partial charge in [0.25, 0.3) is 17.7 Å². The van der Waals surface area contributed by atoms with Crippen molar-refractivity contribution in [1.82, 2.24) is 57.2 Å². The van der Waals surface area contributed by atoms with Crippen molar-refractivity contribution in [3.8, 4) is 0 Å². The maximum atomic E-state index is 14.2. The molecule has 130 heavy (non-hydrogen) atoms. The zero-order chi connectivity index (χ0) is 97.5. The maximum absolute atomic E-state index is 14.2. The van der Waals surface area contributed by atoms with Crippen LogP contribution in [0.25, 0.3) is 0 Å². The fourth-order valence-corrected chi connectivity index (χ4v) is 20.3. The molecule has 6 heterocycles. The molecule has 0 aromatic rings. The molecule has 34 nitrogen and oxygen atoms in total. The largest absolute Gasteiger partial charge is 0.458 e. The van der Waals surface area contributed by atoms with E-state index in [0.717, 1.165) is 122 Å². The van der Waals surface area contributed by atoms with Gasteiger partial charge >= 0.3 is 30.1 Å². The lowest BCUT2D eigenvalue weighted by Crippen LogP contribution is -2.60. The van der Waals surface area contributed by atoms with Crippen molar-refractivity contribution in [2.45, 2.75) is 421 Å². The lowest BCUT2D eigenvalue weighted by molar-refractivity contribution is -0.161. The molecule has 9 rings (SSSR count). The average molecular weight is 1830 g/mol. The molecule has 6 saturated heterocycles. The summed E-state index contributed by atoms with van der Waals surface area (Å²) in [6.07, 6.45) is 23.0. The Morgan fingerprint density at radius 3 is 0.762 bits per heavy atom. The molecule has 3 aliphatic carbocycles. The van der Waals surface area contributed by atoms with Crippen molar-refractivity contribution in [3.05, 3.63) is 0 Å². The number of ether oxygens (including phenoxy) is 3. The minimum Gasteiger partial charge on any atom is -0.458 e. The second-order valence-corrected chi connectivity index (χ2v) is 45.0. The Labute approximate surface area is 770 Å². The fraction of sp³-hybridized carbons (Fsp3) is 0.823. The first kappa shape index (κ1) is 108. The monoisotopic (exact) mass is 1830 g/mol. The van der Waals surface area contributed by atoms with E-state index in [4.69, 9.17) is 31.4 Å². The molecule has 9 aliphatic rings. The Bertz CT molecular complexity index is 3890. The summed E-state index contributed by atoms with van der Waals surface area (Å²) < 4.78 is 16.6. The minimum atomic E-state index is -1.10. The van der Waals surface area contributed by atoms with Crippen LogP contribution in [0.1, 0.15) is 338 Å². The number of piperidine rings is 3. The Morgan fingerprint density at radius 2 is 0.546 bits per heavy atom. The number of ketones is 3. The highest BCUT2D eigenvalue weighted by Gasteiger charge is 2.72. The number of rotatable bonds is 13. The molecular formula is C96H160N14O20. The summed E-state index contributed by atoms with van der Waals surface area (Å²) in [6, 6.07) is -11.6. The Kier molecular flexibility index (Phi) is 37.5. The first-order chi connectivity index (χ1) is 60.2. The SMILES string of the molecule is CC(C)(C)OC(=O)C(NC(=O)N[C@H]1CCCCCCCCCCC(C(=O)C(N)=O)NC(=O)[C@@H]2[C@@H]3[C@H](CN2C1=O)C3(C)C)C(C)(C)C.CC(C)(C)OC(=O)N[C@H]1CCCCCCCCCC[C@@H](C(=O)C(N)=O)NC(=O)[C@@H]2[C@@H]3[C@H](CN2C1=O)C3(C)C.CC(C)(C)OC(=O)[C@@H](NC(=O)N[C@H]1CCCCCCCCCC[C@@H](C(=O)C(N)=O)NC(=O)[C@@H]2[C@@H]3[C@H](CN2C1=O)C3(C)C)C(C)(C)C. The minimum absolute atomic E-state index is 0.0694. The van der Waals surface area contributed by atoms with Gasteiger partial charge in [-0.3, -0.25) is 57.5 Å². The first-order valence-electron chi connectivity index (χ1n) is 48.2. The second-order valence-electron chi connectivity index (χ2n) is 45.0. The zero-order valence-electron chi connectivity index (χ0n) is 81.9. The number of amides is 14. The zero-order valence-corrected chi connectivity index (χ0v) is 81.9. The van der Waals surface area contributed by atoms with Crippen molar-refractivity contribution in [2.75, 3.05) is 19.6 Å². The van der Waals surface area contributed by atoms with Gasteiger partial charge in [0, 0.05) is 19.6 Å². The van der Waals surface area contributed by atoms with E-state index in [-0.39, 0.29) is 69.5 Å². The number of esters is 2. The lowest BCUT2D eigenvalue weighted by Gasteiger charge is -2.35. The number of urea groups is 2. The standard InChI is InChI=1S/2C34H57N5O7.C28H46N4O6/c2*1-32(2,3)26(30(44)46-33(4,5)6)38-31(45)37-22-18-16-14-12-10-9-11-13-15-17-21(25(40)27(35)41)36-28(42)24-23-20(34(23,7)8)19-39(24)29(22)43;1-27(2,3)38-26(37)31-19-15-13-11-9-7-6-8-10-12-14-18(22(33)23(29)34)30-24(35)21-20-17(28(20,4)5)16-32(21)25(19)36/h2*20-24,26H,9-19H2,1-8H3,(H2,35,41)(H,36,42)(H2,37,38,45);17-21H,6-16H2,1-5H3,(H2,29,34)(H,30,35)(H,31,37)/t20-,21?,22-,23-,24-,26?;20-,21-,22-,23-,24-,26+;17-,18-,19-,20-,21-/m000/s1. The van der Waals surface area contributed by atoms with Gasteiger partial charge in [-0.2, -0.15) is 0 Å². The van der Waals surface area contributed by atoms with Gasteiger partial charge in [0.2, 0.25) is 52.8 Å². The molecule has 34 heteroatoms. The number of fused-ring (bicyclic) bond motifs is 9. The molecular weight excluding hydrogens is 1670 g/mol. The number of hydrogen-bond acceptors (Lipinski definition) is 20. The second kappa shape index (κ2) is 45.1. The van der Waals surface area contributed by atoms with Gasteiger partial charge in [0.15, 0.2) is 0 Å². The predicted octanol–water partition coefficient (Wildman–Crippen LogP) is 9.51. The summed E-state index contributed by atoms with van der Waals surface area (Å²) in [5.74, 6) is -9.48. The molecule has 14 N–H and O–H groups in total. The van der Waals surface area contributed by atoms with Crippen LogP contribution < -0.4 is 59.7 Å². The molecule has 0 bridgehead atoms. The molecule has 9 fully saturated rings. The van der Waals surface area contributed by atoms with E-state index in [2.05, 4.69) is 84.1 Å². The molecule has 17 atom stereocenters. The van der Waals surface area contributed by atoms with Gasteiger partial charge in [-0.05, 0) is 163 Å². The third-order valence-corrected chi connectivity index (χ3v) is 27.9. The third kappa shape index (κ3) is 30.0. The molecule has 6 aliphatic heterocycles. The van der Waals surface area contributed by atoms with Crippen LogP contribution in [0.5, 0.6) is 0 Å². The number of primary amides is 3. The molecule has 0 aromatic carbocycles. The summed E-state index contributed by atoms with van der Waals surface area (Å²) in [5.41, 5.74) is 11.9. The molecule has 14 amide bonds. The third-order valence-electron chi connectivity index (χ3n) is 27.9. The van der Waals surface area contributed by atoms with Crippen LogP contribution in [0.3, 0.4) is 0 Å². The quantitative estimate of drug-likeness (QED) is 0.0464. The number of carbonyl (C=O) groups excluding carboxylic acids is 17. The van der Waals surface area contributed by atoms with Crippen molar-refractivity contribution >= 4 is 101 Å². The predicted molar refractivity (Wildman–Crippen MR) is 488 cm³/mol. The molecule has 0 aromatic heterocycles. The van der Waals surface area contributed by atoms with Crippen molar-refractivity contribution in [1.29, 1.82) is 0 Å². The van der Waals surface area contributed by atoms with E-state index in [1.165, 1.54) is 9.80 Å². The van der Waals surface area contributed by atoms with E-state index in [9.17, 15) is 81.5 Å². The van der Waals surface area contributed by atoms with Crippen LogP contribution in [0.15, 0.2) is 0 Å². The number of carbonyl (C=O) groups is 17. The van der Waals surface area contributed by atoms with Crippen LogP contribution in [0.4, 0.5) is 14.4 Å². The summed E-state index contributed by atoms with van der Waals surface area (Å²) in [6.45, 7) is 40.2. The van der Waals surface area contributed by atoms with Crippen LogP contribution in [0, 0.1) is 62.6 Å². The number of hydrogen-bond donors (Lipinski definition) is 11. The van der Waals surface area contributed by atoms with Crippen molar-refractivity contribution in [3.63, 3.8) is 0 Å². The first-order valence-corrected chi connectivity index (χ1v) is 48.2. The summed E-state index contributed by atoms with van der Waals surface area (Å²) in [5, 5.41) is 22.2. The normalized spacial score (nSPS) is 29.1. The number of nitrogens with one attached hydrogen (secondary N) is 8. The van der Waals surface area contributed by atoms with Gasteiger partial charge in [0.05, 0.1) is 18.1 Å². The van der Waals surface area contributed by atoms with Gasteiger partial charge in [0.1, 0.15) is 65.1 Å². The highest BCUT2D eigenvalue weighted by atomic mass is 16.6. The molecule has 2 unspecified atom stereocenters. The molecule has 734 valence electrons. The average Bonchev–Trinajstić information content (AvgIpc) is 1.54. The number of nitrogens with zero attached hydrogens (tertiary/aromatic N) is 3. The Hall–Kier alpha value is -9.01. The maximum Gasteiger partial charge on any atom is 0.408 e. The number of nitrogens with two attached hydrogens (primary N) is 3. The Balaban J connectivity index is 0.000000268. The molecule has 0 spiro atoms. The molecule has 0 radical (unpaired) electrons. The van der Waals surface area contributed by atoms with Gasteiger partial charge in [-0.1, -0.05) is 237 Å². The summed E-state index contributed by atoms with van der Waals surface area (Å²) in [4.78, 5) is 227. The number of Topliss-reactive ketones (excluding diaryl/α,β-unsaturated/α-hetero) is 3. The van der Waals surface area contributed by atoms with Crippen LogP contribution in [-0.2, 0) is 81.3 Å². The van der Waals surface area contributed by atoms with Gasteiger partial charge in [-0.25, -0.2) is 24.0 Å². The fourth-order valence-electron chi connectivity index (χ4n) is 20.3. The van der Waals surface area contributed by atoms with Crippen LogP contribution in [0.2, 0.25) is 0 Å². The van der Waals surface area contributed by atoms with Gasteiger partial charge in [-0.15, -0.1) is 0 Å². The smallest absolute Gasteiger partial charge is 0.408 e. The lowest BCUT2D eigenvalue weighted by atomic mass is 9.86. The van der Waals surface area contributed by atoms with Crippen LogP contribution in [-0.4, -0.2) is 218 Å². The van der Waals surface area contributed by atoms with Gasteiger partial charge < -0.3 is 88.6 Å². The molecule has 3 saturated carbocycles. The van der Waals surface area contributed by atoms with E-state index >= 15 is 0 Å². The summed E-state index contributed by atoms with van der Waals surface area (Å²) >= 11 is 0. The van der Waals surface area contributed by atoms with E-state index in [1.807, 2.05) is 41.5 Å². The van der Waals surface area contributed by atoms with E-state index in [1.54, 1.807) is 67.2 Å². The van der Waals surface area contributed by atoms with Crippen LogP contribution >= 0.6 is 0 Å². The van der Waals surface area contributed by atoms with Crippen molar-refractivity contribution in [2.24, 2.45) is 79.8 Å². The van der Waals surface area contributed by atoms with Crippen molar-refractivity contribution < 1.29 is 95.7 Å². The van der Waals surface area contributed by atoms with E-state index < -0.39 is 177 Å². The number of alkyl carbamates (subject to hydrolysis) is 1. The van der Waals surface area contributed by atoms with E-state index in [0.29, 0.717) is 90.3 Å². The highest BCUT2D eigenvalue weighted by Crippen LogP contribution is 2.67.